The van der Waals surface area contributed by atoms with Crippen LogP contribution in [-0.4, -0.2) is 20.2 Å². The van der Waals surface area contributed by atoms with Crippen LogP contribution in [0.5, 0.6) is 5.75 Å². The second-order valence-electron chi connectivity index (χ2n) is 5.19. The van der Waals surface area contributed by atoms with Gasteiger partial charge in [-0.3, -0.25) is 0 Å². The van der Waals surface area contributed by atoms with Crippen LogP contribution in [0.4, 0.5) is 5.69 Å². The smallest absolute Gasteiger partial charge is 0.122 e. The third kappa shape index (κ3) is 2.55. The zero-order valence-corrected chi connectivity index (χ0v) is 11.0. The molecule has 2 rings (SSSR count). The van der Waals surface area contributed by atoms with Gasteiger partial charge in [-0.1, -0.05) is 0 Å². The Hall–Kier alpha value is -1.22. The van der Waals surface area contributed by atoms with Crippen molar-refractivity contribution in [2.24, 2.45) is 11.1 Å². The quantitative estimate of drug-likeness (QED) is 0.822. The van der Waals surface area contributed by atoms with Crippen LogP contribution in [0.25, 0.3) is 0 Å². The van der Waals surface area contributed by atoms with Gasteiger partial charge in [0.05, 0.1) is 7.11 Å². The largest absolute Gasteiger partial charge is 0.496 e. The van der Waals surface area contributed by atoms with Gasteiger partial charge in [-0.2, -0.15) is 0 Å². The number of rotatable bonds is 5. The first-order valence-corrected chi connectivity index (χ1v) is 6.19. The van der Waals surface area contributed by atoms with E-state index in [1.54, 1.807) is 7.11 Å². The van der Waals surface area contributed by atoms with E-state index in [2.05, 4.69) is 31.3 Å². The monoisotopic (exact) mass is 234 g/mol. The number of anilines is 1. The van der Waals surface area contributed by atoms with Gasteiger partial charge < -0.3 is 15.8 Å². The van der Waals surface area contributed by atoms with Gasteiger partial charge in [0.25, 0.3) is 0 Å². The molecule has 3 N–H and O–H groups in total. The van der Waals surface area contributed by atoms with Crippen molar-refractivity contribution in [2.45, 2.75) is 26.7 Å². The van der Waals surface area contributed by atoms with Crippen molar-refractivity contribution in [1.29, 1.82) is 0 Å². The van der Waals surface area contributed by atoms with Gasteiger partial charge in [-0.05, 0) is 61.9 Å². The van der Waals surface area contributed by atoms with E-state index < -0.39 is 0 Å². The molecule has 1 aromatic carbocycles. The van der Waals surface area contributed by atoms with Gasteiger partial charge in [-0.15, -0.1) is 0 Å². The normalized spacial score (nSPS) is 16.7. The fourth-order valence-corrected chi connectivity index (χ4v) is 2.11. The first-order valence-electron chi connectivity index (χ1n) is 6.19. The summed E-state index contributed by atoms with van der Waals surface area (Å²) in [4.78, 5) is 0. The summed E-state index contributed by atoms with van der Waals surface area (Å²) in [6, 6.07) is 4.24. The predicted molar refractivity (Wildman–Crippen MR) is 71.7 cm³/mol. The Morgan fingerprint density at radius 1 is 1.29 bits per heavy atom. The van der Waals surface area contributed by atoms with Crippen LogP contribution < -0.4 is 15.8 Å². The van der Waals surface area contributed by atoms with Crippen molar-refractivity contribution < 1.29 is 4.74 Å². The Labute approximate surface area is 103 Å². The van der Waals surface area contributed by atoms with Crippen molar-refractivity contribution >= 4 is 5.69 Å². The minimum atomic E-state index is 0.361. The molecule has 0 aliphatic heterocycles. The lowest BCUT2D eigenvalue weighted by Gasteiger charge is -2.17. The molecule has 0 spiro atoms. The lowest BCUT2D eigenvalue weighted by molar-refractivity contribution is 0.411. The molecule has 0 atom stereocenters. The molecule has 1 aliphatic rings. The average Bonchev–Trinajstić information content (AvgIpc) is 3.10. The average molecular weight is 234 g/mol. The molecule has 0 saturated heterocycles. The molecule has 94 valence electrons. The number of methoxy groups -OCH3 is 1. The summed E-state index contributed by atoms with van der Waals surface area (Å²) in [5, 5.41) is 3.52. The summed E-state index contributed by atoms with van der Waals surface area (Å²) in [5.74, 6) is 0.952. The number of nitrogens with two attached hydrogens (primary N) is 1. The molecular weight excluding hydrogens is 212 g/mol. The maximum Gasteiger partial charge on any atom is 0.122 e. The molecule has 0 aromatic heterocycles. The zero-order valence-electron chi connectivity index (χ0n) is 11.0. The standard InChI is InChI=1S/C14H22N2O/c1-10-7-13(17-3)11(2)6-12(10)16-9-14(8-15)4-5-14/h6-7,16H,4-5,8-9,15H2,1-3H3. The van der Waals surface area contributed by atoms with Crippen molar-refractivity contribution in [3.63, 3.8) is 0 Å². The van der Waals surface area contributed by atoms with Crippen LogP contribution in [-0.2, 0) is 0 Å². The third-order valence-electron chi connectivity index (χ3n) is 3.79. The number of benzene rings is 1. The maximum absolute atomic E-state index is 5.79. The van der Waals surface area contributed by atoms with Crippen LogP contribution in [0, 0.1) is 19.3 Å². The molecule has 1 aliphatic carbocycles. The summed E-state index contributed by atoms with van der Waals surface area (Å²) in [7, 11) is 1.71. The van der Waals surface area contributed by atoms with E-state index in [1.807, 2.05) is 0 Å². The summed E-state index contributed by atoms with van der Waals surface area (Å²) < 4.78 is 5.31. The predicted octanol–water partition coefficient (Wildman–Crippen LogP) is 2.46. The highest BCUT2D eigenvalue weighted by atomic mass is 16.5. The van der Waals surface area contributed by atoms with Crippen LogP contribution in [0.1, 0.15) is 24.0 Å². The number of nitrogens with one attached hydrogen (secondary N) is 1. The number of hydrogen-bond donors (Lipinski definition) is 2. The molecule has 0 heterocycles. The van der Waals surface area contributed by atoms with Gasteiger partial charge in [0.15, 0.2) is 0 Å². The first kappa shape index (κ1) is 12.2. The minimum Gasteiger partial charge on any atom is -0.496 e. The third-order valence-corrected chi connectivity index (χ3v) is 3.79. The Morgan fingerprint density at radius 2 is 2.00 bits per heavy atom. The molecule has 17 heavy (non-hydrogen) atoms. The Bertz CT molecular complexity index is 411. The summed E-state index contributed by atoms with van der Waals surface area (Å²) in [5.41, 5.74) is 9.73. The zero-order chi connectivity index (χ0) is 12.5. The molecular formula is C14H22N2O. The van der Waals surface area contributed by atoms with Crippen molar-refractivity contribution in [1.82, 2.24) is 0 Å². The summed E-state index contributed by atoms with van der Waals surface area (Å²) in [6.45, 7) is 5.94. The molecule has 0 unspecified atom stereocenters. The van der Waals surface area contributed by atoms with Crippen molar-refractivity contribution in [3.05, 3.63) is 23.3 Å². The lowest BCUT2D eigenvalue weighted by atomic mass is 10.1. The maximum atomic E-state index is 5.79. The Morgan fingerprint density at radius 3 is 2.53 bits per heavy atom. The van der Waals surface area contributed by atoms with Gasteiger partial charge in [-0.25, -0.2) is 0 Å². The molecule has 0 radical (unpaired) electrons. The van der Waals surface area contributed by atoms with E-state index >= 15 is 0 Å². The minimum absolute atomic E-state index is 0.361. The van der Waals surface area contributed by atoms with E-state index in [9.17, 15) is 0 Å². The summed E-state index contributed by atoms with van der Waals surface area (Å²) in [6.07, 6.45) is 2.51. The van der Waals surface area contributed by atoms with Crippen molar-refractivity contribution in [2.75, 3.05) is 25.5 Å². The Kier molecular flexibility index (Phi) is 3.29. The second kappa shape index (κ2) is 4.57. The van der Waals surface area contributed by atoms with Gasteiger partial charge in [0.2, 0.25) is 0 Å². The molecule has 3 heteroatoms. The topological polar surface area (TPSA) is 47.3 Å². The van der Waals surface area contributed by atoms with Crippen molar-refractivity contribution in [3.8, 4) is 5.75 Å². The lowest BCUT2D eigenvalue weighted by Crippen LogP contribution is -2.24. The second-order valence-corrected chi connectivity index (χ2v) is 5.19. The van der Waals surface area contributed by atoms with E-state index in [0.29, 0.717) is 5.41 Å². The summed E-state index contributed by atoms with van der Waals surface area (Å²) >= 11 is 0. The highest BCUT2D eigenvalue weighted by molar-refractivity contribution is 5.57. The molecule has 0 amide bonds. The van der Waals surface area contributed by atoms with E-state index in [4.69, 9.17) is 10.5 Å². The number of aryl methyl sites for hydroxylation is 2. The number of hydrogen-bond acceptors (Lipinski definition) is 3. The Balaban J connectivity index is 2.08. The molecule has 1 aromatic rings. The highest BCUT2D eigenvalue weighted by Crippen LogP contribution is 2.44. The number of ether oxygens (including phenoxy) is 1. The highest BCUT2D eigenvalue weighted by Gasteiger charge is 2.40. The molecule has 0 bridgehead atoms. The fraction of sp³-hybridized carbons (Fsp3) is 0.571. The van der Waals surface area contributed by atoms with Gasteiger partial charge >= 0.3 is 0 Å². The van der Waals surface area contributed by atoms with Crippen LogP contribution in [0.3, 0.4) is 0 Å². The van der Waals surface area contributed by atoms with E-state index in [0.717, 1.165) is 24.4 Å². The van der Waals surface area contributed by atoms with Crippen LogP contribution >= 0.6 is 0 Å². The SMILES string of the molecule is COc1cc(C)c(NCC2(CN)CC2)cc1C. The van der Waals surface area contributed by atoms with Gasteiger partial charge in [0.1, 0.15) is 5.75 Å². The molecule has 3 nitrogen and oxygen atoms in total. The van der Waals surface area contributed by atoms with E-state index in [-0.39, 0.29) is 0 Å². The molecule has 1 saturated carbocycles. The fourth-order valence-electron chi connectivity index (χ4n) is 2.11. The first-order chi connectivity index (χ1) is 8.10. The van der Waals surface area contributed by atoms with E-state index in [1.165, 1.54) is 24.1 Å². The van der Waals surface area contributed by atoms with Crippen LogP contribution in [0.15, 0.2) is 12.1 Å². The molecule has 1 fully saturated rings. The van der Waals surface area contributed by atoms with Gasteiger partial charge in [0, 0.05) is 12.2 Å². The van der Waals surface area contributed by atoms with Crippen LogP contribution in [0.2, 0.25) is 0 Å².